The first-order valence-corrected chi connectivity index (χ1v) is 13.3. The summed E-state index contributed by atoms with van der Waals surface area (Å²) in [5.74, 6) is 4.18. The van der Waals surface area contributed by atoms with Crippen molar-refractivity contribution in [2.75, 3.05) is 49.3 Å². The first-order chi connectivity index (χ1) is 18.1. The molecule has 0 heterocycles. The van der Waals surface area contributed by atoms with E-state index in [-0.39, 0.29) is 17.9 Å². The van der Waals surface area contributed by atoms with Gasteiger partial charge in [0, 0.05) is 18.4 Å². The van der Waals surface area contributed by atoms with Gasteiger partial charge >= 0.3 is 0 Å². The Hall–Kier alpha value is -2.80. The molecule has 0 N–H and O–H groups in total. The first kappa shape index (κ1) is 28.8. The predicted molar refractivity (Wildman–Crippen MR) is 145 cm³/mol. The number of hydrogen-bond acceptors (Lipinski definition) is 7. The zero-order valence-corrected chi connectivity index (χ0v) is 23.6. The molecule has 1 aliphatic carbocycles. The van der Waals surface area contributed by atoms with E-state index in [4.69, 9.17) is 33.2 Å². The van der Waals surface area contributed by atoms with Gasteiger partial charge in [-0.05, 0) is 54.7 Å². The molecule has 1 unspecified atom stereocenters. The summed E-state index contributed by atoms with van der Waals surface area (Å²) in [4.78, 5) is 0. The molecular formula is C30H44O7. The lowest BCUT2D eigenvalue weighted by atomic mass is 9.89. The smallest absolute Gasteiger partial charge is 0.203 e. The zero-order chi connectivity index (χ0) is 26.8. The standard InChI is InChI=1S/C30H44O7/c1-8-9-10-11-12-15-37-28-22(20-16-24(31-2)29(35-6)25(17-20)32-3)13-14-23(28)21-18-26(33-4)30(36-7)27(19-21)34-5/h16-19,22-23,28H,8-15H2,1-7H3/t22-,23+,28?. The highest BCUT2D eigenvalue weighted by Crippen LogP contribution is 2.51. The maximum absolute atomic E-state index is 6.70. The van der Waals surface area contributed by atoms with Gasteiger partial charge in [0.15, 0.2) is 23.0 Å². The van der Waals surface area contributed by atoms with Gasteiger partial charge in [-0.1, -0.05) is 32.6 Å². The molecule has 3 atom stereocenters. The van der Waals surface area contributed by atoms with Gasteiger partial charge in [0.05, 0.1) is 48.8 Å². The minimum atomic E-state index is -0.0169. The van der Waals surface area contributed by atoms with E-state index in [0.29, 0.717) is 34.5 Å². The molecule has 2 aromatic rings. The van der Waals surface area contributed by atoms with Crippen LogP contribution >= 0.6 is 0 Å². The van der Waals surface area contributed by atoms with Crippen molar-refractivity contribution < 1.29 is 33.2 Å². The highest BCUT2D eigenvalue weighted by atomic mass is 16.5. The fraction of sp³-hybridized carbons (Fsp3) is 0.600. The predicted octanol–water partition coefficient (Wildman–Crippen LogP) is 6.76. The molecule has 1 saturated carbocycles. The van der Waals surface area contributed by atoms with Gasteiger partial charge in [0.2, 0.25) is 11.5 Å². The minimum Gasteiger partial charge on any atom is -0.493 e. The minimum absolute atomic E-state index is 0.0169. The molecule has 0 radical (unpaired) electrons. The Balaban J connectivity index is 1.97. The molecule has 0 saturated heterocycles. The number of ether oxygens (including phenoxy) is 7. The summed E-state index contributed by atoms with van der Waals surface area (Å²) < 4.78 is 40.4. The van der Waals surface area contributed by atoms with E-state index in [1.807, 2.05) is 0 Å². The van der Waals surface area contributed by atoms with Crippen molar-refractivity contribution in [2.24, 2.45) is 0 Å². The summed E-state index contributed by atoms with van der Waals surface area (Å²) in [5, 5.41) is 0. The van der Waals surface area contributed by atoms with Crippen molar-refractivity contribution in [3.8, 4) is 34.5 Å². The van der Waals surface area contributed by atoms with Crippen molar-refractivity contribution in [1.29, 1.82) is 0 Å². The van der Waals surface area contributed by atoms with Gasteiger partial charge in [0.1, 0.15) is 0 Å². The van der Waals surface area contributed by atoms with Crippen LogP contribution < -0.4 is 28.4 Å². The molecule has 0 aromatic heterocycles. The van der Waals surface area contributed by atoms with Crippen LogP contribution in [0, 0.1) is 0 Å². The summed E-state index contributed by atoms with van der Waals surface area (Å²) in [6, 6.07) is 8.23. The number of unbranched alkanes of at least 4 members (excludes halogenated alkanes) is 4. The van der Waals surface area contributed by atoms with Crippen LogP contribution in [0.2, 0.25) is 0 Å². The largest absolute Gasteiger partial charge is 0.493 e. The maximum atomic E-state index is 6.70. The van der Waals surface area contributed by atoms with E-state index in [0.717, 1.165) is 37.0 Å². The Bertz CT molecular complexity index is 868. The van der Waals surface area contributed by atoms with Crippen LogP contribution in [-0.2, 0) is 4.74 Å². The molecule has 1 aliphatic rings. The van der Waals surface area contributed by atoms with Crippen molar-refractivity contribution >= 4 is 0 Å². The molecule has 1 fully saturated rings. The van der Waals surface area contributed by atoms with Crippen LogP contribution in [0.15, 0.2) is 24.3 Å². The second-order valence-electron chi connectivity index (χ2n) is 9.46. The van der Waals surface area contributed by atoms with Crippen molar-refractivity contribution in [1.82, 2.24) is 0 Å². The molecule has 2 aromatic carbocycles. The number of hydrogen-bond donors (Lipinski definition) is 0. The van der Waals surface area contributed by atoms with Crippen molar-refractivity contribution in [3.05, 3.63) is 35.4 Å². The van der Waals surface area contributed by atoms with Crippen LogP contribution in [0.1, 0.15) is 74.8 Å². The SMILES string of the molecule is CCCCCCCOC1[C@@H](c2cc(OC)c(OC)c(OC)c2)CC[C@H]1c1cc(OC)c(OC)c(OC)c1. The molecule has 3 rings (SSSR count). The normalized spacial score (nSPS) is 18.9. The highest BCUT2D eigenvalue weighted by molar-refractivity contribution is 5.56. The quantitative estimate of drug-likeness (QED) is 0.242. The van der Waals surface area contributed by atoms with Crippen LogP contribution in [0.4, 0.5) is 0 Å². The second-order valence-corrected chi connectivity index (χ2v) is 9.46. The first-order valence-electron chi connectivity index (χ1n) is 13.3. The van der Waals surface area contributed by atoms with Crippen LogP contribution in [0.3, 0.4) is 0 Å². The molecular weight excluding hydrogens is 472 g/mol. The van der Waals surface area contributed by atoms with E-state index in [1.54, 1.807) is 42.7 Å². The summed E-state index contributed by atoms with van der Waals surface area (Å²) in [7, 11) is 9.86. The molecule has 0 bridgehead atoms. The highest BCUT2D eigenvalue weighted by Gasteiger charge is 2.40. The van der Waals surface area contributed by atoms with Crippen LogP contribution in [0.25, 0.3) is 0 Å². The Morgan fingerprint density at radius 2 is 0.973 bits per heavy atom. The lowest BCUT2D eigenvalue weighted by molar-refractivity contribution is 0.0328. The summed E-state index contributed by atoms with van der Waals surface area (Å²) in [5.41, 5.74) is 2.25. The lowest BCUT2D eigenvalue weighted by Gasteiger charge is -2.28. The number of rotatable bonds is 15. The zero-order valence-electron chi connectivity index (χ0n) is 23.6. The molecule has 7 heteroatoms. The van der Waals surface area contributed by atoms with Gasteiger partial charge in [0.25, 0.3) is 0 Å². The molecule has 0 spiro atoms. The fourth-order valence-electron chi connectivity index (χ4n) is 5.47. The average molecular weight is 517 g/mol. The Morgan fingerprint density at radius 1 is 0.568 bits per heavy atom. The second kappa shape index (κ2) is 14.2. The van der Waals surface area contributed by atoms with Crippen LogP contribution in [0.5, 0.6) is 34.5 Å². The molecule has 0 amide bonds. The van der Waals surface area contributed by atoms with Crippen LogP contribution in [-0.4, -0.2) is 55.4 Å². The summed E-state index contributed by atoms with van der Waals surface area (Å²) >= 11 is 0. The lowest BCUT2D eigenvalue weighted by Crippen LogP contribution is -2.24. The number of methoxy groups -OCH3 is 6. The molecule has 0 aliphatic heterocycles. The maximum Gasteiger partial charge on any atom is 0.203 e. The molecule has 7 nitrogen and oxygen atoms in total. The van der Waals surface area contributed by atoms with E-state index in [1.165, 1.54) is 25.7 Å². The van der Waals surface area contributed by atoms with Gasteiger partial charge < -0.3 is 33.2 Å². The summed E-state index contributed by atoms with van der Waals surface area (Å²) in [6.07, 6.45) is 7.92. The van der Waals surface area contributed by atoms with E-state index < -0.39 is 0 Å². The fourth-order valence-corrected chi connectivity index (χ4v) is 5.47. The summed E-state index contributed by atoms with van der Waals surface area (Å²) in [6.45, 7) is 2.97. The van der Waals surface area contributed by atoms with E-state index >= 15 is 0 Å². The van der Waals surface area contributed by atoms with Crippen molar-refractivity contribution in [2.45, 2.75) is 69.8 Å². The van der Waals surface area contributed by atoms with Gasteiger partial charge in [-0.3, -0.25) is 0 Å². The Kier molecular flexibility index (Phi) is 11.1. The van der Waals surface area contributed by atoms with E-state index in [9.17, 15) is 0 Å². The molecule has 206 valence electrons. The van der Waals surface area contributed by atoms with Gasteiger partial charge in [-0.15, -0.1) is 0 Å². The monoisotopic (exact) mass is 516 g/mol. The van der Waals surface area contributed by atoms with Crippen molar-refractivity contribution in [3.63, 3.8) is 0 Å². The third kappa shape index (κ3) is 6.56. The van der Waals surface area contributed by atoms with Gasteiger partial charge in [-0.2, -0.15) is 0 Å². The van der Waals surface area contributed by atoms with E-state index in [2.05, 4.69) is 31.2 Å². The third-order valence-corrected chi connectivity index (χ3v) is 7.37. The Morgan fingerprint density at radius 3 is 1.32 bits per heavy atom. The van der Waals surface area contributed by atoms with Gasteiger partial charge in [-0.25, -0.2) is 0 Å². The molecule has 37 heavy (non-hydrogen) atoms. The number of benzene rings is 2. The third-order valence-electron chi connectivity index (χ3n) is 7.37. The topological polar surface area (TPSA) is 64.6 Å². The average Bonchev–Trinajstić information content (AvgIpc) is 3.36. The Labute approximate surface area is 222 Å².